The average molecular weight is 253 g/mol. The van der Waals surface area contributed by atoms with Crippen molar-refractivity contribution in [2.75, 3.05) is 6.54 Å². The van der Waals surface area contributed by atoms with Crippen molar-refractivity contribution < 1.29 is 19.1 Å². The fourth-order valence-electron chi connectivity index (χ4n) is 1.46. The van der Waals surface area contributed by atoms with Gasteiger partial charge in [0.15, 0.2) is 0 Å². The summed E-state index contributed by atoms with van der Waals surface area (Å²) in [6.45, 7) is 3.38. The number of amides is 1. The largest absolute Gasteiger partial charge is 0.481 e. The van der Waals surface area contributed by atoms with Gasteiger partial charge in [-0.2, -0.15) is 0 Å². The molecule has 0 aliphatic carbocycles. The van der Waals surface area contributed by atoms with E-state index in [0.717, 1.165) is 6.07 Å². The Morgan fingerprint density at radius 1 is 1.44 bits per heavy atom. The number of carbonyl (C=O) groups is 2. The molecule has 0 aliphatic heterocycles. The van der Waals surface area contributed by atoms with Crippen molar-refractivity contribution in [2.24, 2.45) is 5.92 Å². The van der Waals surface area contributed by atoms with Crippen LogP contribution < -0.4 is 5.32 Å². The van der Waals surface area contributed by atoms with Crippen molar-refractivity contribution in [3.8, 4) is 0 Å². The Bertz CT molecular complexity index is 460. The third-order valence-corrected chi connectivity index (χ3v) is 2.79. The Morgan fingerprint density at radius 2 is 2.11 bits per heavy atom. The van der Waals surface area contributed by atoms with E-state index in [1.54, 1.807) is 13.8 Å². The molecule has 1 atom stereocenters. The zero-order valence-corrected chi connectivity index (χ0v) is 10.4. The van der Waals surface area contributed by atoms with Crippen LogP contribution in [0.5, 0.6) is 0 Å². The minimum absolute atomic E-state index is 0.0418. The van der Waals surface area contributed by atoms with Gasteiger partial charge in [-0.1, -0.05) is 13.0 Å². The summed E-state index contributed by atoms with van der Waals surface area (Å²) in [6.07, 6.45) is 0.428. The quantitative estimate of drug-likeness (QED) is 0.843. The van der Waals surface area contributed by atoms with Gasteiger partial charge in [0.2, 0.25) is 0 Å². The summed E-state index contributed by atoms with van der Waals surface area (Å²) in [7, 11) is 0. The molecule has 0 aliphatic rings. The molecule has 1 aromatic carbocycles. The Labute approximate surface area is 105 Å². The fraction of sp³-hybridized carbons (Fsp3) is 0.385. The summed E-state index contributed by atoms with van der Waals surface area (Å²) in [5, 5.41) is 11.3. The lowest BCUT2D eigenvalue weighted by atomic mass is 10.1. The molecule has 98 valence electrons. The van der Waals surface area contributed by atoms with Gasteiger partial charge >= 0.3 is 5.97 Å². The van der Waals surface area contributed by atoms with Gasteiger partial charge in [-0.25, -0.2) is 4.39 Å². The number of aliphatic carboxylic acids is 1. The molecular formula is C13H16FNO3. The monoisotopic (exact) mass is 253 g/mol. The van der Waals surface area contributed by atoms with Gasteiger partial charge in [0.25, 0.3) is 5.91 Å². The standard InChI is InChI=1S/C13H16FNO3/c1-3-9(13(17)18)7-15-12(16)10-5-4-8(2)11(14)6-10/h4-6,9H,3,7H2,1-2H3,(H,15,16)(H,17,18). The topological polar surface area (TPSA) is 66.4 Å². The van der Waals surface area contributed by atoms with E-state index in [0.29, 0.717) is 12.0 Å². The number of aryl methyl sites for hydroxylation is 1. The average Bonchev–Trinajstić information content (AvgIpc) is 2.32. The highest BCUT2D eigenvalue weighted by Gasteiger charge is 2.16. The highest BCUT2D eigenvalue weighted by Crippen LogP contribution is 2.09. The molecule has 1 amide bonds. The summed E-state index contributed by atoms with van der Waals surface area (Å²) in [5.41, 5.74) is 0.655. The summed E-state index contributed by atoms with van der Waals surface area (Å²) in [6, 6.07) is 4.17. The van der Waals surface area contributed by atoms with E-state index in [1.165, 1.54) is 12.1 Å². The van der Waals surface area contributed by atoms with Crippen LogP contribution in [0.3, 0.4) is 0 Å². The van der Waals surface area contributed by atoms with Crippen molar-refractivity contribution in [3.05, 3.63) is 35.1 Å². The SMILES string of the molecule is CCC(CNC(=O)c1ccc(C)c(F)c1)C(=O)O. The highest BCUT2D eigenvalue weighted by molar-refractivity contribution is 5.94. The lowest BCUT2D eigenvalue weighted by Crippen LogP contribution is -2.32. The zero-order valence-electron chi connectivity index (χ0n) is 10.4. The molecule has 5 heteroatoms. The maximum atomic E-state index is 13.3. The minimum atomic E-state index is -0.951. The van der Waals surface area contributed by atoms with Crippen LogP contribution in [0.1, 0.15) is 29.3 Å². The number of halogens is 1. The minimum Gasteiger partial charge on any atom is -0.481 e. The summed E-state index contributed by atoms with van der Waals surface area (Å²) < 4.78 is 13.3. The van der Waals surface area contributed by atoms with Crippen LogP contribution in [-0.2, 0) is 4.79 Å². The second kappa shape index (κ2) is 6.14. The van der Waals surface area contributed by atoms with Crippen LogP contribution in [0.15, 0.2) is 18.2 Å². The smallest absolute Gasteiger partial charge is 0.308 e. The van der Waals surface area contributed by atoms with Crippen LogP contribution in [-0.4, -0.2) is 23.5 Å². The normalized spacial score (nSPS) is 11.9. The van der Waals surface area contributed by atoms with Gasteiger partial charge in [0, 0.05) is 12.1 Å². The number of rotatable bonds is 5. The van der Waals surface area contributed by atoms with Crippen LogP contribution in [0, 0.1) is 18.7 Å². The first-order valence-corrected chi connectivity index (χ1v) is 5.72. The number of hydrogen-bond donors (Lipinski definition) is 2. The van der Waals surface area contributed by atoms with Crippen molar-refractivity contribution in [1.82, 2.24) is 5.32 Å². The zero-order chi connectivity index (χ0) is 13.7. The van der Waals surface area contributed by atoms with E-state index in [1.807, 2.05) is 0 Å². The molecule has 1 aromatic rings. The lowest BCUT2D eigenvalue weighted by Gasteiger charge is -2.11. The Balaban J connectivity index is 2.65. The van der Waals surface area contributed by atoms with Crippen LogP contribution in [0.4, 0.5) is 4.39 Å². The number of carboxylic acid groups (broad SMARTS) is 1. The van der Waals surface area contributed by atoms with Gasteiger partial charge in [-0.05, 0) is 31.0 Å². The molecule has 0 fully saturated rings. The van der Waals surface area contributed by atoms with Crippen LogP contribution >= 0.6 is 0 Å². The van der Waals surface area contributed by atoms with Gasteiger partial charge < -0.3 is 10.4 Å². The molecule has 0 aromatic heterocycles. The van der Waals surface area contributed by atoms with Crippen molar-refractivity contribution >= 4 is 11.9 Å². The van der Waals surface area contributed by atoms with E-state index in [4.69, 9.17) is 5.11 Å². The van der Waals surface area contributed by atoms with E-state index < -0.39 is 23.6 Å². The van der Waals surface area contributed by atoms with E-state index in [9.17, 15) is 14.0 Å². The van der Waals surface area contributed by atoms with E-state index in [-0.39, 0.29) is 12.1 Å². The predicted octanol–water partition coefficient (Wildman–Crippen LogP) is 1.97. The first-order valence-electron chi connectivity index (χ1n) is 5.72. The second-order valence-electron chi connectivity index (χ2n) is 4.12. The molecule has 0 spiro atoms. The van der Waals surface area contributed by atoms with Crippen LogP contribution in [0.2, 0.25) is 0 Å². The number of carbonyl (C=O) groups excluding carboxylic acids is 1. The Morgan fingerprint density at radius 3 is 2.61 bits per heavy atom. The Kier molecular flexibility index (Phi) is 4.83. The number of hydrogen-bond acceptors (Lipinski definition) is 2. The molecule has 1 unspecified atom stereocenters. The van der Waals surface area contributed by atoms with Gasteiger partial charge in [-0.3, -0.25) is 9.59 Å². The summed E-state index contributed by atoms with van der Waals surface area (Å²) in [5.74, 6) is -2.49. The third-order valence-electron chi connectivity index (χ3n) is 2.79. The molecule has 0 heterocycles. The molecule has 0 saturated carbocycles. The highest BCUT2D eigenvalue weighted by atomic mass is 19.1. The second-order valence-corrected chi connectivity index (χ2v) is 4.12. The predicted molar refractivity (Wildman–Crippen MR) is 64.9 cm³/mol. The maximum Gasteiger partial charge on any atom is 0.308 e. The maximum absolute atomic E-state index is 13.3. The first kappa shape index (κ1) is 14.2. The fourth-order valence-corrected chi connectivity index (χ4v) is 1.46. The van der Waals surface area contributed by atoms with Crippen molar-refractivity contribution in [2.45, 2.75) is 20.3 Å². The Hall–Kier alpha value is -1.91. The number of benzene rings is 1. The van der Waals surface area contributed by atoms with E-state index in [2.05, 4.69) is 5.32 Å². The third kappa shape index (κ3) is 3.55. The molecule has 0 radical (unpaired) electrons. The van der Waals surface area contributed by atoms with Gasteiger partial charge in [0.05, 0.1) is 5.92 Å². The molecule has 4 nitrogen and oxygen atoms in total. The molecule has 0 bridgehead atoms. The van der Waals surface area contributed by atoms with Crippen molar-refractivity contribution in [3.63, 3.8) is 0 Å². The summed E-state index contributed by atoms with van der Waals surface area (Å²) in [4.78, 5) is 22.4. The number of carboxylic acids is 1. The first-order chi connectivity index (χ1) is 8.45. The van der Waals surface area contributed by atoms with Gasteiger partial charge in [-0.15, -0.1) is 0 Å². The van der Waals surface area contributed by atoms with Crippen molar-refractivity contribution in [1.29, 1.82) is 0 Å². The molecule has 18 heavy (non-hydrogen) atoms. The van der Waals surface area contributed by atoms with E-state index >= 15 is 0 Å². The summed E-state index contributed by atoms with van der Waals surface area (Å²) >= 11 is 0. The van der Waals surface area contributed by atoms with Crippen LogP contribution in [0.25, 0.3) is 0 Å². The molecular weight excluding hydrogens is 237 g/mol. The van der Waals surface area contributed by atoms with Gasteiger partial charge in [0.1, 0.15) is 5.82 Å². The molecule has 2 N–H and O–H groups in total. The number of nitrogens with one attached hydrogen (secondary N) is 1. The lowest BCUT2D eigenvalue weighted by molar-refractivity contribution is -0.141. The molecule has 0 saturated heterocycles. The molecule has 1 rings (SSSR count).